The minimum atomic E-state index is -0.845. The second-order valence-electron chi connectivity index (χ2n) is 4.43. The molecule has 0 spiro atoms. The number of carboxylic acid groups (broad SMARTS) is 1. The highest BCUT2D eigenvalue weighted by molar-refractivity contribution is 5.85. The lowest BCUT2D eigenvalue weighted by atomic mass is 10.1. The molecular formula is C19H20O2. The second-order valence-corrected chi connectivity index (χ2v) is 4.43. The van der Waals surface area contributed by atoms with E-state index >= 15 is 0 Å². The molecule has 0 amide bonds. The van der Waals surface area contributed by atoms with Crippen molar-refractivity contribution in [2.45, 2.75) is 13.8 Å². The third-order valence-corrected chi connectivity index (χ3v) is 2.84. The number of rotatable bonds is 3. The molecule has 21 heavy (non-hydrogen) atoms. The Morgan fingerprint density at radius 1 is 0.857 bits per heavy atom. The van der Waals surface area contributed by atoms with Crippen molar-refractivity contribution in [3.05, 3.63) is 83.4 Å². The largest absolute Gasteiger partial charge is 0.478 e. The van der Waals surface area contributed by atoms with Crippen LogP contribution in [0.1, 0.15) is 25.0 Å². The molecule has 0 unspecified atom stereocenters. The first-order valence-electron chi connectivity index (χ1n) is 6.78. The van der Waals surface area contributed by atoms with Gasteiger partial charge in [-0.05, 0) is 25.0 Å². The van der Waals surface area contributed by atoms with Gasteiger partial charge in [-0.25, -0.2) is 4.79 Å². The minimum absolute atomic E-state index is 0.389. The van der Waals surface area contributed by atoms with E-state index in [-0.39, 0.29) is 0 Å². The third-order valence-electron chi connectivity index (χ3n) is 2.84. The van der Waals surface area contributed by atoms with Crippen molar-refractivity contribution in [2.75, 3.05) is 0 Å². The lowest BCUT2D eigenvalue weighted by molar-refractivity contribution is -0.132. The monoisotopic (exact) mass is 280 g/mol. The molecule has 0 aliphatic carbocycles. The van der Waals surface area contributed by atoms with Gasteiger partial charge >= 0.3 is 5.97 Å². The number of allylic oxidation sites excluding steroid dienone is 1. The van der Waals surface area contributed by atoms with Crippen LogP contribution in [0.3, 0.4) is 0 Å². The summed E-state index contributed by atoms with van der Waals surface area (Å²) in [5, 5.41) is 8.11. The summed E-state index contributed by atoms with van der Waals surface area (Å²) in [5.41, 5.74) is 2.85. The topological polar surface area (TPSA) is 37.3 Å². The van der Waals surface area contributed by atoms with Gasteiger partial charge in [-0.1, -0.05) is 78.9 Å². The second kappa shape index (κ2) is 9.32. The Morgan fingerprint density at radius 3 is 1.48 bits per heavy atom. The van der Waals surface area contributed by atoms with Crippen LogP contribution in [0.15, 0.2) is 72.3 Å². The number of carbonyl (C=O) groups is 1. The Hall–Kier alpha value is -2.61. The van der Waals surface area contributed by atoms with Crippen molar-refractivity contribution in [1.82, 2.24) is 0 Å². The first-order chi connectivity index (χ1) is 10.1. The van der Waals surface area contributed by atoms with Gasteiger partial charge in [-0.15, -0.1) is 0 Å². The molecule has 0 bridgehead atoms. The van der Waals surface area contributed by atoms with Crippen LogP contribution in [0.2, 0.25) is 0 Å². The van der Waals surface area contributed by atoms with Crippen LogP contribution in [0, 0.1) is 0 Å². The standard InChI is InChI=1S/C14H12.C5H8O2/c1-3-7-13(8-4-1)11-12-14-9-5-2-6-10-14;1-3-4(2)5(6)7/h1-12H;3H,1-2H3,(H,6,7). The highest BCUT2D eigenvalue weighted by Gasteiger charge is 1.93. The molecule has 2 nitrogen and oxygen atoms in total. The van der Waals surface area contributed by atoms with Gasteiger partial charge in [0.2, 0.25) is 0 Å². The van der Waals surface area contributed by atoms with E-state index in [2.05, 4.69) is 36.4 Å². The molecule has 0 aliphatic rings. The van der Waals surface area contributed by atoms with Crippen LogP contribution < -0.4 is 0 Å². The Morgan fingerprint density at radius 2 is 1.24 bits per heavy atom. The third kappa shape index (κ3) is 6.92. The molecule has 0 saturated carbocycles. The molecular weight excluding hydrogens is 260 g/mol. The van der Waals surface area contributed by atoms with Crippen LogP contribution in [0.4, 0.5) is 0 Å². The Balaban J connectivity index is 0.000000270. The van der Waals surface area contributed by atoms with Crippen LogP contribution in [0.5, 0.6) is 0 Å². The summed E-state index contributed by atoms with van der Waals surface area (Å²) < 4.78 is 0. The van der Waals surface area contributed by atoms with Gasteiger partial charge in [0.25, 0.3) is 0 Å². The van der Waals surface area contributed by atoms with Crippen molar-refractivity contribution in [1.29, 1.82) is 0 Å². The smallest absolute Gasteiger partial charge is 0.330 e. The molecule has 1 N–H and O–H groups in total. The minimum Gasteiger partial charge on any atom is -0.478 e. The van der Waals surface area contributed by atoms with Crippen LogP contribution in [0.25, 0.3) is 12.2 Å². The lowest BCUT2D eigenvalue weighted by Gasteiger charge is -1.92. The average Bonchev–Trinajstić information content (AvgIpc) is 2.54. The first-order valence-corrected chi connectivity index (χ1v) is 6.78. The highest BCUT2D eigenvalue weighted by atomic mass is 16.4. The summed E-state index contributed by atoms with van der Waals surface area (Å²) in [7, 11) is 0. The van der Waals surface area contributed by atoms with Gasteiger partial charge in [0, 0.05) is 5.57 Å². The molecule has 108 valence electrons. The molecule has 2 heteroatoms. The fourth-order valence-corrected chi connectivity index (χ4v) is 1.44. The number of benzene rings is 2. The van der Waals surface area contributed by atoms with E-state index in [9.17, 15) is 4.79 Å². The van der Waals surface area contributed by atoms with Crippen molar-refractivity contribution in [3.8, 4) is 0 Å². The number of carboxylic acids is 1. The SMILES string of the molecule is C(=Cc1ccccc1)c1ccccc1.CC=C(C)C(=O)O. The Labute approximate surface area is 126 Å². The van der Waals surface area contributed by atoms with Gasteiger partial charge in [-0.3, -0.25) is 0 Å². The maximum absolute atomic E-state index is 9.86. The number of aliphatic carboxylic acids is 1. The fourth-order valence-electron chi connectivity index (χ4n) is 1.44. The quantitative estimate of drug-likeness (QED) is 0.641. The zero-order chi connectivity index (χ0) is 15.5. The van der Waals surface area contributed by atoms with Crippen molar-refractivity contribution in [2.24, 2.45) is 0 Å². The first kappa shape index (κ1) is 16.4. The Kier molecular flexibility index (Phi) is 7.30. The fraction of sp³-hybridized carbons (Fsp3) is 0.105. The lowest BCUT2D eigenvalue weighted by Crippen LogP contribution is -1.93. The molecule has 0 aromatic heterocycles. The summed E-state index contributed by atoms with van der Waals surface area (Å²) in [4.78, 5) is 9.86. The summed E-state index contributed by atoms with van der Waals surface area (Å²) >= 11 is 0. The van der Waals surface area contributed by atoms with Crippen molar-refractivity contribution < 1.29 is 9.90 Å². The molecule has 0 atom stereocenters. The van der Waals surface area contributed by atoms with Crippen LogP contribution >= 0.6 is 0 Å². The zero-order valence-electron chi connectivity index (χ0n) is 12.4. The van der Waals surface area contributed by atoms with E-state index in [1.165, 1.54) is 11.1 Å². The van der Waals surface area contributed by atoms with Gasteiger partial charge in [0.15, 0.2) is 0 Å². The molecule has 2 aromatic carbocycles. The van der Waals surface area contributed by atoms with E-state index in [0.717, 1.165) is 0 Å². The molecule has 0 radical (unpaired) electrons. The van der Waals surface area contributed by atoms with Crippen LogP contribution in [-0.4, -0.2) is 11.1 Å². The van der Waals surface area contributed by atoms with Crippen molar-refractivity contribution >= 4 is 18.1 Å². The predicted octanol–water partition coefficient (Wildman–Crippen LogP) is 4.89. The molecule has 2 rings (SSSR count). The molecule has 0 saturated heterocycles. The van der Waals surface area contributed by atoms with Gasteiger partial charge in [0.1, 0.15) is 0 Å². The predicted molar refractivity (Wildman–Crippen MR) is 88.9 cm³/mol. The van der Waals surface area contributed by atoms with Gasteiger partial charge in [-0.2, -0.15) is 0 Å². The van der Waals surface area contributed by atoms with Gasteiger partial charge < -0.3 is 5.11 Å². The van der Waals surface area contributed by atoms with Crippen LogP contribution in [-0.2, 0) is 4.79 Å². The van der Waals surface area contributed by atoms with E-state index in [1.54, 1.807) is 19.9 Å². The number of hydrogen-bond donors (Lipinski definition) is 1. The van der Waals surface area contributed by atoms with Crippen molar-refractivity contribution in [3.63, 3.8) is 0 Å². The molecule has 0 heterocycles. The zero-order valence-corrected chi connectivity index (χ0v) is 12.4. The van der Waals surface area contributed by atoms with E-state index in [0.29, 0.717) is 5.57 Å². The maximum atomic E-state index is 9.86. The molecule has 0 aliphatic heterocycles. The number of hydrogen-bond acceptors (Lipinski definition) is 1. The summed E-state index contributed by atoms with van der Waals surface area (Å²) in [6.07, 6.45) is 5.80. The maximum Gasteiger partial charge on any atom is 0.330 e. The van der Waals surface area contributed by atoms with E-state index in [4.69, 9.17) is 5.11 Å². The van der Waals surface area contributed by atoms with Gasteiger partial charge in [0.05, 0.1) is 0 Å². The average molecular weight is 280 g/mol. The molecule has 2 aromatic rings. The molecule has 0 fully saturated rings. The highest BCUT2D eigenvalue weighted by Crippen LogP contribution is 2.06. The van der Waals surface area contributed by atoms with E-state index in [1.807, 2.05) is 36.4 Å². The normalized spacial score (nSPS) is 10.9. The summed E-state index contributed by atoms with van der Waals surface area (Å²) in [5.74, 6) is -0.845. The summed E-state index contributed by atoms with van der Waals surface area (Å²) in [6, 6.07) is 20.6. The summed E-state index contributed by atoms with van der Waals surface area (Å²) in [6.45, 7) is 3.26. The van der Waals surface area contributed by atoms with E-state index < -0.39 is 5.97 Å². The Bertz CT molecular complexity index is 554.